The minimum atomic E-state index is -4.41. The minimum absolute atomic E-state index is 0.0533. The summed E-state index contributed by atoms with van der Waals surface area (Å²) in [7, 11) is 0. The van der Waals surface area contributed by atoms with Crippen LogP contribution in [0.2, 0.25) is 5.15 Å². The summed E-state index contributed by atoms with van der Waals surface area (Å²) in [6, 6.07) is 3.32. The molecular weight excluding hydrogens is 346 g/mol. The molecule has 0 bridgehead atoms. The molecule has 3 aromatic rings. The number of aromatic nitrogens is 3. The molecule has 2 aromatic heterocycles. The molecule has 3 nitrogen and oxygen atoms in total. The molecule has 19 heavy (non-hydrogen) atoms. The van der Waals surface area contributed by atoms with E-state index in [1.165, 1.54) is 12.3 Å². The lowest BCUT2D eigenvalue weighted by molar-refractivity contribution is -0.137. The molecule has 0 atom stereocenters. The van der Waals surface area contributed by atoms with Crippen molar-refractivity contribution in [1.29, 1.82) is 0 Å². The zero-order chi connectivity index (χ0) is 13.8. The number of halogens is 5. The Labute approximate surface area is 118 Å². The molecule has 1 aromatic carbocycles. The summed E-state index contributed by atoms with van der Waals surface area (Å²) in [6.45, 7) is 0. The van der Waals surface area contributed by atoms with Crippen molar-refractivity contribution in [3.8, 4) is 0 Å². The monoisotopic (exact) mass is 349 g/mol. The Bertz CT molecular complexity index is 797. The van der Waals surface area contributed by atoms with Gasteiger partial charge in [-0.1, -0.05) is 11.6 Å². The van der Waals surface area contributed by atoms with Gasteiger partial charge in [-0.05, 0) is 34.1 Å². The highest BCUT2D eigenvalue weighted by Gasteiger charge is 2.30. The first-order valence-corrected chi connectivity index (χ1v) is 6.24. The molecule has 0 unspecified atom stereocenters. The van der Waals surface area contributed by atoms with Gasteiger partial charge in [0.05, 0.1) is 22.8 Å². The maximum Gasteiger partial charge on any atom is 0.416 e. The highest BCUT2D eigenvalue weighted by atomic mass is 79.9. The lowest BCUT2D eigenvalue weighted by Crippen LogP contribution is -2.05. The van der Waals surface area contributed by atoms with Gasteiger partial charge in [0.2, 0.25) is 0 Å². The highest BCUT2D eigenvalue weighted by molar-refractivity contribution is 9.10. The van der Waals surface area contributed by atoms with E-state index in [0.717, 1.165) is 12.1 Å². The molecule has 0 fully saturated rings. The van der Waals surface area contributed by atoms with E-state index in [2.05, 4.69) is 25.9 Å². The fourth-order valence-corrected chi connectivity index (χ4v) is 2.53. The first-order chi connectivity index (χ1) is 8.88. The topological polar surface area (TPSA) is 30.2 Å². The largest absolute Gasteiger partial charge is 0.416 e. The molecular formula is C11H4BrClF3N3. The number of rotatable bonds is 0. The number of nitrogens with zero attached hydrogens (tertiary/aromatic N) is 3. The summed E-state index contributed by atoms with van der Waals surface area (Å²) >= 11 is 9.19. The van der Waals surface area contributed by atoms with Gasteiger partial charge in [0.1, 0.15) is 4.60 Å². The maximum absolute atomic E-state index is 12.7. The molecule has 0 spiro atoms. The Morgan fingerprint density at radius 1 is 1.26 bits per heavy atom. The van der Waals surface area contributed by atoms with Gasteiger partial charge in [-0.25, -0.2) is 9.97 Å². The standard InChI is InChI=1S/C11H4BrClF3N3/c12-8-4-17-10-9(13)18-6-3-5(11(14,15)16)1-2-7(6)19(8)10/h1-4H. The highest BCUT2D eigenvalue weighted by Crippen LogP contribution is 2.32. The third-order valence-electron chi connectivity index (χ3n) is 2.67. The van der Waals surface area contributed by atoms with Gasteiger partial charge >= 0.3 is 6.18 Å². The van der Waals surface area contributed by atoms with E-state index in [9.17, 15) is 13.2 Å². The third kappa shape index (κ3) is 1.97. The molecule has 0 saturated heterocycles. The molecule has 0 N–H and O–H groups in total. The summed E-state index contributed by atoms with van der Waals surface area (Å²) < 4.78 is 40.2. The van der Waals surface area contributed by atoms with Gasteiger partial charge in [0.15, 0.2) is 10.8 Å². The number of fused-ring (bicyclic) bond motifs is 3. The lowest BCUT2D eigenvalue weighted by Gasteiger charge is -2.09. The van der Waals surface area contributed by atoms with Crippen LogP contribution in [0.1, 0.15) is 5.56 Å². The predicted octanol–water partition coefficient (Wildman–Crippen LogP) is 4.32. The molecule has 0 amide bonds. The summed E-state index contributed by atoms with van der Waals surface area (Å²) in [5, 5.41) is 0.0533. The van der Waals surface area contributed by atoms with Gasteiger partial charge in [-0.3, -0.25) is 4.40 Å². The Morgan fingerprint density at radius 3 is 2.68 bits per heavy atom. The molecule has 98 valence electrons. The van der Waals surface area contributed by atoms with Crippen molar-refractivity contribution in [2.45, 2.75) is 6.18 Å². The average molecular weight is 351 g/mol. The van der Waals surface area contributed by atoms with Gasteiger partial charge in [0.25, 0.3) is 0 Å². The second-order valence-electron chi connectivity index (χ2n) is 3.84. The van der Waals surface area contributed by atoms with Crippen molar-refractivity contribution >= 4 is 44.2 Å². The molecule has 0 aliphatic rings. The molecule has 0 radical (unpaired) electrons. The van der Waals surface area contributed by atoms with E-state index >= 15 is 0 Å². The Morgan fingerprint density at radius 2 is 2.00 bits per heavy atom. The number of imidazole rings is 1. The fourth-order valence-electron chi connectivity index (χ4n) is 1.84. The van der Waals surface area contributed by atoms with Crippen molar-refractivity contribution < 1.29 is 13.2 Å². The van der Waals surface area contributed by atoms with E-state index in [4.69, 9.17) is 11.6 Å². The fraction of sp³-hybridized carbons (Fsp3) is 0.0909. The summed E-state index contributed by atoms with van der Waals surface area (Å²) in [6.07, 6.45) is -2.90. The summed E-state index contributed by atoms with van der Waals surface area (Å²) in [5.74, 6) is 0. The number of hydrogen-bond acceptors (Lipinski definition) is 2. The second kappa shape index (κ2) is 4.08. The molecule has 0 saturated carbocycles. The Kier molecular flexibility index (Phi) is 2.72. The molecule has 0 aliphatic heterocycles. The van der Waals surface area contributed by atoms with Crippen LogP contribution in [-0.2, 0) is 6.18 Å². The van der Waals surface area contributed by atoms with E-state index < -0.39 is 11.7 Å². The lowest BCUT2D eigenvalue weighted by atomic mass is 10.2. The van der Waals surface area contributed by atoms with Crippen LogP contribution < -0.4 is 0 Å². The second-order valence-corrected chi connectivity index (χ2v) is 5.01. The van der Waals surface area contributed by atoms with E-state index in [0.29, 0.717) is 15.8 Å². The summed E-state index contributed by atoms with van der Waals surface area (Å²) in [5.41, 5.74) is 0.280. The number of benzene rings is 1. The van der Waals surface area contributed by atoms with Gasteiger partial charge < -0.3 is 0 Å². The van der Waals surface area contributed by atoms with Crippen LogP contribution in [0.15, 0.2) is 29.0 Å². The van der Waals surface area contributed by atoms with Crippen LogP contribution in [-0.4, -0.2) is 14.4 Å². The van der Waals surface area contributed by atoms with Crippen molar-refractivity contribution in [2.75, 3.05) is 0 Å². The Hall–Kier alpha value is -1.34. The quantitative estimate of drug-likeness (QED) is 0.604. The van der Waals surface area contributed by atoms with Crippen molar-refractivity contribution in [3.05, 3.63) is 39.7 Å². The first-order valence-electron chi connectivity index (χ1n) is 5.07. The molecule has 8 heteroatoms. The number of alkyl halides is 3. The predicted molar refractivity (Wildman–Crippen MR) is 68.2 cm³/mol. The summed E-state index contributed by atoms with van der Waals surface area (Å²) in [4.78, 5) is 7.99. The number of hydrogen-bond donors (Lipinski definition) is 0. The SMILES string of the molecule is FC(F)(F)c1ccc2c(c1)nc(Cl)c1ncc(Br)n12. The van der Waals surface area contributed by atoms with Crippen LogP contribution in [0.4, 0.5) is 13.2 Å². The van der Waals surface area contributed by atoms with E-state index in [1.54, 1.807) is 4.40 Å². The Balaban J connectivity index is 2.43. The van der Waals surface area contributed by atoms with E-state index in [1.807, 2.05) is 0 Å². The van der Waals surface area contributed by atoms with Crippen molar-refractivity contribution in [1.82, 2.24) is 14.4 Å². The van der Waals surface area contributed by atoms with Crippen LogP contribution >= 0.6 is 27.5 Å². The third-order valence-corrected chi connectivity index (χ3v) is 3.48. The molecule has 0 aliphatic carbocycles. The van der Waals surface area contributed by atoms with Crippen molar-refractivity contribution in [3.63, 3.8) is 0 Å². The first kappa shape index (κ1) is 12.7. The van der Waals surface area contributed by atoms with Crippen LogP contribution in [0.25, 0.3) is 16.7 Å². The van der Waals surface area contributed by atoms with Gasteiger partial charge in [-0.15, -0.1) is 0 Å². The maximum atomic E-state index is 12.7. The molecule has 2 heterocycles. The van der Waals surface area contributed by atoms with Gasteiger partial charge in [0, 0.05) is 0 Å². The van der Waals surface area contributed by atoms with Gasteiger partial charge in [-0.2, -0.15) is 13.2 Å². The van der Waals surface area contributed by atoms with E-state index in [-0.39, 0.29) is 10.7 Å². The zero-order valence-electron chi connectivity index (χ0n) is 9.04. The normalized spacial score (nSPS) is 12.5. The average Bonchev–Trinajstić information content (AvgIpc) is 2.71. The molecule has 3 rings (SSSR count). The minimum Gasteiger partial charge on any atom is -0.282 e. The zero-order valence-corrected chi connectivity index (χ0v) is 11.4. The van der Waals surface area contributed by atoms with Crippen LogP contribution in [0.3, 0.4) is 0 Å². The van der Waals surface area contributed by atoms with Crippen LogP contribution in [0, 0.1) is 0 Å². The van der Waals surface area contributed by atoms with Crippen LogP contribution in [0.5, 0.6) is 0 Å². The smallest absolute Gasteiger partial charge is 0.282 e. The van der Waals surface area contributed by atoms with Crippen molar-refractivity contribution in [2.24, 2.45) is 0 Å².